The van der Waals surface area contributed by atoms with Crippen molar-refractivity contribution in [3.05, 3.63) is 53.0 Å². The van der Waals surface area contributed by atoms with Crippen molar-refractivity contribution in [2.75, 3.05) is 13.7 Å². The minimum atomic E-state index is -0.0557. The predicted molar refractivity (Wildman–Crippen MR) is 109 cm³/mol. The molecule has 1 aromatic carbocycles. The first kappa shape index (κ1) is 18.0. The van der Waals surface area contributed by atoms with Gasteiger partial charge in [0.05, 0.1) is 29.7 Å². The van der Waals surface area contributed by atoms with Gasteiger partial charge in [0.25, 0.3) is 0 Å². The van der Waals surface area contributed by atoms with Gasteiger partial charge in [-0.1, -0.05) is 0 Å². The highest BCUT2D eigenvalue weighted by molar-refractivity contribution is 6.12. The van der Waals surface area contributed by atoms with Crippen LogP contribution in [-0.2, 0) is 11.2 Å². The molecule has 4 rings (SSSR count). The van der Waals surface area contributed by atoms with Crippen LogP contribution in [0.1, 0.15) is 29.6 Å². The third-order valence-corrected chi connectivity index (χ3v) is 5.02. The van der Waals surface area contributed by atoms with Crippen LogP contribution in [-0.4, -0.2) is 39.7 Å². The fraction of sp³-hybridized carbons (Fsp3) is 0.286. The van der Waals surface area contributed by atoms with Crippen molar-refractivity contribution < 1.29 is 9.53 Å². The Labute approximate surface area is 163 Å². The lowest BCUT2D eigenvalue weighted by Gasteiger charge is -2.10. The molecule has 144 valence electrons. The van der Waals surface area contributed by atoms with Crippen molar-refractivity contribution in [2.24, 2.45) is 0 Å². The van der Waals surface area contributed by atoms with E-state index in [2.05, 4.69) is 10.4 Å². The lowest BCUT2D eigenvalue weighted by atomic mass is 10.1. The number of carbonyl (C=O) groups is 1. The first-order valence-electron chi connectivity index (χ1n) is 9.21. The lowest BCUT2D eigenvalue weighted by molar-refractivity contribution is -0.118. The van der Waals surface area contributed by atoms with Crippen LogP contribution in [0.25, 0.3) is 16.6 Å². The van der Waals surface area contributed by atoms with Crippen molar-refractivity contribution in [3.63, 3.8) is 0 Å². The van der Waals surface area contributed by atoms with Gasteiger partial charge in [0.15, 0.2) is 0 Å². The zero-order valence-electron chi connectivity index (χ0n) is 16.5. The molecule has 0 saturated heterocycles. The number of amides is 1. The molecule has 0 radical (unpaired) electrons. The number of nitrogens with one attached hydrogen (secondary N) is 2. The molecule has 1 aliphatic heterocycles. The average Bonchev–Trinajstić information content (AvgIpc) is 3.26. The van der Waals surface area contributed by atoms with E-state index in [9.17, 15) is 4.79 Å². The summed E-state index contributed by atoms with van der Waals surface area (Å²) in [6, 6.07) is 7.90. The molecule has 3 heterocycles. The standard InChI is InChI=1S/C21H23N5O2/c1-12-9-13(2)26(24-12)19-11-20(22)25-18-6-5-15(28-4)10-17(18)16(21(19)25)7-8-23-14(3)27/h5-6,9-11,22H,7-8H2,1-4H3,(H,23,27). The molecule has 0 atom stereocenters. The largest absolute Gasteiger partial charge is 0.497 e. The Morgan fingerprint density at radius 1 is 1.29 bits per heavy atom. The average molecular weight is 377 g/mol. The minimum Gasteiger partial charge on any atom is -0.497 e. The Hall–Kier alpha value is -3.35. The second-order valence-corrected chi connectivity index (χ2v) is 7.03. The number of rotatable bonds is 5. The molecule has 7 heteroatoms. The molecule has 0 spiro atoms. The summed E-state index contributed by atoms with van der Waals surface area (Å²) in [4.78, 5) is 11.4. The molecule has 7 nitrogen and oxygen atoms in total. The van der Waals surface area contributed by atoms with Gasteiger partial charge >= 0.3 is 0 Å². The van der Waals surface area contributed by atoms with Crippen LogP contribution in [0.5, 0.6) is 5.75 Å². The minimum absolute atomic E-state index is 0.0557. The van der Waals surface area contributed by atoms with E-state index < -0.39 is 0 Å². The summed E-state index contributed by atoms with van der Waals surface area (Å²) in [5.74, 6) is 1.11. The van der Waals surface area contributed by atoms with E-state index in [1.807, 2.05) is 53.4 Å². The number of allylic oxidation sites excluding steroid dienone is 1. The van der Waals surface area contributed by atoms with Crippen molar-refractivity contribution in [2.45, 2.75) is 27.2 Å². The van der Waals surface area contributed by atoms with E-state index in [1.54, 1.807) is 7.11 Å². The number of methoxy groups -OCH3 is 1. The summed E-state index contributed by atoms with van der Waals surface area (Å²) in [6.45, 7) is 6.01. The van der Waals surface area contributed by atoms with Crippen LogP contribution in [0.3, 0.4) is 0 Å². The summed E-state index contributed by atoms with van der Waals surface area (Å²) in [6.07, 6.45) is 2.50. The maximum absolute atomic E-state index is 11.4. The van der Waals surface area contributed by atoms with Gasteiger partial charge in [-0.2, -0.15) is 5.10 Å². The Morgan fingerprint density at radius 2 is 2.07 bits per heavy atom. The van der Waals surface area contributed by atoms with Gasteiger partial charge in [-0.25, -0.2) is 4.68 Å². The molecule has 0 fully saturated rings. The molecule has 0 bridgehead atoms. The fourth-order valence-corrected chi connectivity index (χ4v) is 3.89. The number of aryl methyl sites for hydroxylation is 2. The fourth-order valence-electron chi connectivity index (χ4n) is 3.89. The van der Waals surface area contributed by atoms with Crippen molar-refractivity contribution >= 4 is 28.3 Å². The summed E-state index contributed by atoms with van der Waals surface area (Å²) in [5, 5.41) is 17.1. The molecular weight excluding hydrogens is 354 g/mol. The van der Waals surface area contributed by atoms with E-state index in [-0.39, 0.29) is 5.91 Å². The normalized spacial score (nSPS) is 13.0. The molecule has 0 saturated carbocycles. The molecule has 3 aromatic rings. The topological polar surface area (TPSA) is 84.9 Å². The molecule has 2 N–H and O–H groups in total. The van der Waals surface area contributed by atoms with Gasteiger partial charge in [0.1, 0.15) is 11.6 Å². The monoisotopic (exact) mass is 377 g/mol. The van der Waals surface area contributed by atoms with E-state index in [0.29, 0.717) is 18.8 Å². The predicted octanol–water partition coefficient (Wildman–Crippen LogP) is 2.87. The van der Waals surface area contributed by atoms with Crippen LogP contribution in [0.15, 0.2) is 30.3 Å². The van der Waals surface area contributed by atoms with E-state index >= 15 is 0 Å². The Balaban J connectivity index is 1.93. The molecule has 28 heavy (non-hydrogen) atoms. The van der Waals surface area contributed by atoms with E-state index in [0.717, 1.165) is 45.0 Å². The molecular formula is C21H23N5O2. The van der Waals surface area contributed by atoms with Gasteiger partial charge in [0, 0.05) is 30.6 Å². The number of benzene rings is 1. The maximum Gasteiger partial charge on any atom is 0.216 e. The number of ether oxygens (including phenoxy) is 1. The third-order valence-electron chi connectivity index (χ3n) is 5.02. The number of hydrogen-bond acceptors (Lipinski definition) is 4. The number of aromatic nitrogens is 3. The Morgan fingerprint density at radius 3 is 2.71 bits per heavy atom. The number of hydrogen-bond donors (Lipinski definition) is 2. The zero-order valence-corrected chi connectivity index (χ0v) is 16.5. The van der Waals surface area contributed by atoms with Gasteiger partial charge in [0.2, 0.25) is 5.91 Å². The van der Waals surface area contributed by atoms with Gasteiger partial charge in [-0.3, -0.25) is 14.8 Å². The first-order valence-corrected chi connectivity index (χ1v) is 9.21. The molecule has 0 unspecified atom stereocenters. The maximum atomic E-state index is 11.4. The molecule has 1 aliphatic rings. The van der Waals surface area contributed by atoms with Gasteiger partial charge < -0.3 is 10.1 Å². The van der Waals surface area contributed by atoms with Crippen LogP contribution in [0.2, 0.25) is 0 Å². The Bertz CT molecular complexity index is 1150. The number of nitrogens with zero attached hydrogens (tertiary/aromatic N) is 3. The highest BCUT2D eigenvalue weighted by Crippen LogP contribution is 2.37. The van der Waals surface area contributed by atoms with Gasteiger partial charge in [-0.15, -0.1) is 0 Å². The van der Waals surface area contributed by atoms with E-state index in [4.69, 9.17) is 10.1 Å². The number of fused-ring (bicyclic) bond motifs is 3. The third kappa shape index (κ3) is 2.79. The summed E-state index contributed by atoms with van der Waals surface area (Å²) >= 11 is 0. The first-order chi connectivity index (χ1) is 13.4. The van der Waals surface area contributed by atoms with Gasteiger partial charge in [-0.05, 0) is 50.1 Å². The molecule has 1 amide bonds. The highest BCUT2D eigenvalue weighted by Gasteiger charge is 2.29. The Kier molecular flexibility index (Phi) is 4.30. The van der Waals surface area contributed by atoms with Crippen molar-refractivity contribution in [3.8, 4) is 5.75 Å². The summed E-state index contributed by atoms with van der Waals surface area (Å²) < 4.78 is 9.25. The lowest BCUT2D eigenvalue weighted by Crippen LogP contribution is -2.22. The summed E-state index contributed by atoms with van der Waals surface area (Å²) in [7, 11) is 1.64. The summed E-state index contributed by atoms with van der Waals surface area (Å²) in [5.41, 5.74) is 5.80. The second-order valence-electron chi connectivity index (χ2n) is 7.03. The quantitative estimate of drug-likeness (QED) is 0.717. The second kappa shape index (κ2) is 6.67. The van der Waals surface area contributed by atoms with Crippen molar-refractivity contribution in [1.82, 2.24) is 19.7 Å². The molecule has 0 aliphatic carbocycles. The van der Waals surface area contributed by atoms with Crippen LogP contribution < -0.4 is 10.1 Å². The SMILES string of the molecule is COc1ccc2c(c1)c(CCNC(C)=O)c1n2C(=N)C=C1n1nc(C)cc1C. The highest BCUT2D eigenvalue weighted by atomic mass is 16.5. The zero-order chi connectivity index (χ0) is 20.0. The molecule has 2 aromatic heterocycles. The van der Waals surface area contributed by atoms with Crippen LogP contribution >= 0.6 is 0 Å². The number of carbonyl (C=O) groups excluding carboxylic acids is 1. The van der Waals surface area contributed by atoms with E-state index in [1.165, 1.54) is 6.92 Å². The van der Waals surface area contributed by atoms with Crippen LogP contribution in [0, 0.1) is 19.3 Å². The van der Waals surface area contributed by atoms with Crippen molar-refractivity contribution in [1.29, 1.82) is 5.41 Å². The van der Waals surface area contributed by atoms with Crippen LogP contribution in [0.4, 0.5) is 0 Å². The smallest absolute Gasteiger partial charge is 0.216 e.